The van der Waals surface area contributed by atoms with Gasteiger partial charge in [0.15, 0.2) is 0 Å². The smallest absolute Gasteiger partial charge is 0.226 e. The van der Waals surface area contributed by atoms with Gasteiger partial charge in [0, 0.05) is 22.4 Å². The Morgan fingerprint density at radius 1 is 0.627 bits per heavy atom. The summed E-state index contributed by atoms with van der Waals surface area (Å²) >= 11 is 1.82. The normalized spacial score (nSPS) is 20.5. The second-order valence-corrected chi connectivity index (χ2v) is 16.9. The first-order chi connectivity index (χ1) is 29.1. The maximum atomic E-state index is 13.6. The van der Waals surface area contributed by atoms with Crippen LogP contribution in [0.5, 0.6) is 5.75 Å². The van der Waals surface area contributed by atoms with Crippen molar-refractivity contribution in [2.24, 2.45) is 0 Å². The van der Waals surface area contributed by atoms with Gasteiger partial charge in [0.2, 0.25) is 5.79 Å². The van der Waals surface area contributed by atoms with Gasteiger partial charge in [-0.3, -0.25) is 0 Å². The summed E-state index contributed by atoms with van der Waals surface area (Å²) in [6, 6.07) is 55.6. The highest BCUT2D eigenvalue weighted by Gasteiger charge is 2.54. The number of thiophene rings is 1. The van der Waals surface area contributed by atoms with Gasteiger partial charge in [-0.15, -0.1) is 11.3 Å². The number of hydrogen-bond acceptors (Lipinski definition) is 7. The van der Waals surface area contributed by atoms with Gasteiger partial charge in [-0.2, -0.15) is 0 Å². The molecule has 4 atom stereocenters. The fourth-order valence-electron chi connectivity index (χ4n) is 8.13. The summed E-state index contributed by atoms with van der Waals surface area (Å²) in [5.74, 6) is -0.960. The number of aliphatic hydroxyl groups is 1. The van der Waals surface area contributed by atoms with Gasteiger partial charge in [-0.1, -0.05) is 140 Å². The van der Waals surface area contributed by atoms with Crippen LogP contribution in [0.25, 0.3) is 10.1 Å². The van der Waals surface area contributed by atoms with Crippen molar-refractivity contribution < 1.29 is 28.8 Å². The Labute approximate surface area is 350 Å². The highest BCUT2D eigenvalue weighted by atomic mass is 32.1. The van der Waals surface area contributed by atoms with Crippen LogP contribution in [0.1, 0.15) is 69.0 Å². The highest BCUT2D eigenvalue weighted by Crippen LogP contribution is 2.49. The molecule has 6 aromatic carbocycles. The zero-order chi connectivity index (χ0) is 39.9. The molecular weight excluding hydrogens is 753 g/mol. The first-order valence-electron chi connectivity index (χ1n) is 20.7. The second kappa shape index (κ2) is 18.4. The molecule has 0 amide bonds. The van der Waals surface area contributed by atoms with Crippen molar-refractivity contribution in [1.82, 2.24) is 0 Å². The van der Waals surface area contributed by atoms with Crippen molar-refractivity contribution in [3.05, 3.63) is 208 Å². The Morgan fingerprint density at radius 2 is 1.20 bits per heavy atom. The molecule has 0 spiro atoms. The summed E-state index contributed by atoms with van der Waals surface area (Å²) in [6.45, 7) is 1.61. The molecule has 1 aromatic heterocycles. The van der Waals surface area contributed by atoms with E-state index in [9.17, 15) is 5.11 Å². The van der Waals surface area contributed by atoms with Crippen LogP contribution in [0, 0.1) is 0 Å². The summed E-state index contributed by atoms with van der Waals surface area (Å²) < 4.78 is 35.1. The lowest BCUT2D eigenvalue weighted by Gasteiger charge is -2.47. The number of ether oxygens (including phenoxy) is 5. The molecule has 4 unspecified atom stereocenters. The van der Waals surface area contributed by atoms with Crippen LogP contribution in [0.2, 0.25) is 0 Å². The first-order valence-corrected chi connectivity index (χ1v) is 21.5. The van der Waals surface area contributed by atoms with E-state index in [2.05, 4.69) is 66.7 Å². The second-order valence-electron chi connectivity index (χ2n) is 15.7. The van der Waals surface area contributed by atoms with Crippen molar-refractivity contribution >= 4 is 21.4 Å². The number of hydrogen-bond donors (Lipinski definition) is 1. The third-order valence-corrected chi connectivity index (χ3v) is 12.4. The SMILES string of the molecule is OC1(c2cc(Cc3cc4ccccc4s3)c(C3CC3)cc2OCc2ccccc2)OC(COCc2ccccc2)CC(OCc2ccccc2)C1OCc1ccccc1. The van der Waals surface area contributed by atoms with Gasteiger partial charge >= 0.3 is 0 Å². The molecule has 1 aliphatic heterocycles. The minimum atomic E-state index is -1.97. The summed E-state index contributed by atoms with van der Waals surface area (Å²) in [6.07, 6.45) is 1.43. The molecule has 7 aromatic rings. The van der Waals surface area contributed by atoms with E-state index < -0.39 is 24.1 Å². The molecule has 2 heterocycles. The van der Waals surface area contributed by atoms with Crippen LogP contribution in [-0.2, 0) is 57.6 Å². The van der Waals surface area contributed by atoms with Crippen LogP contribution in [0.4, 0.5) is 0 Å². The van der Waals surface area contributed by atoms with Gasteiger partial charge < -0.3 is 28.8 Å². The zero-order valence-corrected chi connectivity index (χ0v) is 34.0. The Kier molecular flexibility index (Phi) is 12.3. The predicted octanol–water partition coefficient (Wildman–Crippen LogP) is 11.3. The molecular formula is C52H50O6S. The number of fused-ring (bicyclic) bond motifs is 1. The van der Waals surface area contributed by atoms with Gasteiger partial charge in [-0.05, 0) is 81.8 Å². The maximum Gasteiger partial charge on any atom is 0.226 e. The van der Waals surface area contributed by atoms with E-state index >= 15 is 0 Å². The Hall–Kier alpha value is -5.12. The molecule has 59 heavy (non-hydrogen) atoms. The topological polar surface area (TPSA) is 66.4 Å². The Balaban J connectivity index is 1.14. The molecule has 2 aliphatic rings. The first kappa shape index (κ1) is 39.3. The monoisotopic (exact) mass is 802 g/mol. The van der Waals surface area contributed by atoms with Crippen molar-refractivity contribution in [3.8, 4) is 5.75 Å². The minimum Gasteiger partial charge on any atom is -0.488 e. The number of rotatable bonds is 17. The van der Waals surface area contributed by atoms with E-state index in [1.54, 1.807) is 0 Å². The van der Waals surface area contributed by atoms with Gasteiger partial charge in [0.1, 0.15) is 18.5 Å². The molecule has 7 heteroatoms. The molecule has 9 rings (SSSR count). The van der Waals surface area contributed by atoms with Crippen molar-refractivity contribution in [3.63, 3.8) is 0 Å². The predicted molar refractivity (Wildman–Crippen MR) is 233 cm³/mol. The van der Waals surface area contributed by atoms with E-state index in [-0.39, 0.29) is 13.2 Å². The molecule has 1 N–H and O–H groups in total. The van der Waals surface area contributed by atoms with Crippen LogP contribution in [0.3, 0.4) is 0 Å². The van der Waals surface area contributed by atoms with E-state index in [0.29, 0.717) is 43.5 Å². The quantitative estimate of drug-likeness (QED) is 0.0989. The van der Waals surface area contributed by atoms with Gasteiger partial charge in [0.05, 0.1) is 44.2 Å². The average Bonchev–Trinajstić information content (AvgIpc) is 4.04. The Morgan fingerprint density at radius 3 is 1.83 bits per heavy atom. The zero-order valence-electron chi connectivity index (χ0n) is 33.2. The lowest BCUT2D eigenvalue weighted by Crippen LogP contribution is -2.58. The third-order valence-electron chi connectivity index (χ3n) is 11.3. The van der Waals surface area contributed by atoms with E-state index in [1.165, 1.54) is 20.5 Å². The van der Waals surface area contributed by atoms with Crippen LogP contribution >= 0.6 is 11.3 Å². The molecule has 0 bridgehead atoms. The van der Waals surface area contributed by atoms with Crippen molar-refractivity contribution in [2.75, 3.05) is 6.61 Å². The van der Waals surface area contributed by atoms with Crippen molar-refractivity contribution in [1.29, 1.82) is 0 Å². The summed E-state index contributed by atoms with van der Waals surface area (Å²) in [7, 11) is 0. The lowest BCUT2D eigenvalue weighted by molar-refractivity contribution is -0.352. The highest BCUT2D eigenvalue weighted by molar-refractivity contribution is 7.19. The molecule has 0 radical (unpaired) electrons. The van der Waals surface area contributed by atoms with E-state index in [1.807, 2.05) is 108 Å². The average molecular weight is 803 g/mol. The number of benzene rings is 6. The summed E-state index contributed by atoms with van der Waals surface area (Å²) in [5, 5.41) is 14.8. The lowest BCUT2D eigenvalue weighted by atomic mass is 9.86. The molecule has 300 valence electrons. The van der Waals surface area contributed by atoms with Crippen LogP contribution in [-0.4, -0.2) is 30.0 Å². The molecule has 1 saturated carbocycles. The fraction of sp³-hybridized carbons (Fsp3) is 0.269. The molecule has 2 fully saturated rings. The van der Waals surface area contributed by atoms with E-state index in [4.69, 9.17) is 23.7 Å². The third kappa shape index (κ3) is 9.69. The van der Waals surface area contributed by atoms with Crippen LogP contribution in [0.15, 0.2) is 164 Å². The minimum absolute atomic E-state index is 0.253. The standard InChI is InChI=1S/C52H50O6S/c53-52(47-29-43(28-45-27-42-23-13-14-24-50(42)59-45)46(41-25-26-41)31-48(47)55-33-38-17-7-2-8-18-38)51(57-35-40-21-11-4-12-22-40)49(56-34-39-19-9-3-10-20-39)30-44(58-52)36-54-32-37-15-5-1-6-16-37/h1-24,27,29,31,41,44,49,51,53H,25-26,28,30,32-36H2. The van der Waals surface area contributed by atoms with Crippen LogP contribution < -0.4 is 4.74 Å². The molecule has 6 nitrogen and oxygen atoms in total. The van der Waals surface area contributed by atoms with Crippen molar-refractivity contribution in [2.45, 2.75) is 82.1 Å². The fourth-order valence-corrected chi connectivity index (χ4v) is 9.22. The molecule has 1 saturated heterocycles. The largest absolute Gasteiger partial charge is 0.488 e. The van der Waals surface area contributed by atoms with Gasteiger partial charge in [-0.25, -0.2) is 0 Å². The maximum absolute atomic E-state index is 13.6. The molecule has 1 aliphatic carbocycles. The summed E-state index contributed by atoms with van der Waals surface area (Å²) in [5.41, 5.74) is 7.07. The summed E-state index contributed by atoms with van der Waals surface area (Å²) in [4.78, 5) is 1.27. The Bertz CT molecular complexity index is 2370. The van der Waals surface area contributed by atoms with E-state index in [0.717, 1.165) is 47.1 Å². The van der Waals surface area contributed by atoms with Gasteiger partial charge in [0.25, 0.3) is 0 Å².